The van der Waals surface area contributed by atoms with Crippen molar-refractivity contribution in [1.29, 1.82) is 0 Å². The highest BCUT2D eigenvalue weighted by Gasteiger charge is 2.35. The van der Waals surface area contributed by atoms with Crippen LogP contribution in [-0.4, -0.2) is 43.8 Å². The van der Waals surface area contributed by atoms with E-state index in [4.69, 9.17) is 4.74 Å². The van der Waals surface area contributed by atoms with Gasteiger partial charge in [0, 0.05) is 23.5 Å². The van der Waals surface area contributed by atoms with Crippen LogP contribution in [0.3, 0.4) is 0 Å². The number of nitrogens with one attached hydrogen (secondary N) is 1. The molecule has 0 aliphatic rings. The van der Waals surface area contributed by atoms with Crippen molar-refractivity contribution in [2.45, 2.75) is 50.2 Å². The van der Waals surface area contributed by atoms with Crippen LogP contribution in [0, 0.1) is 0 Å². The van der Waals surface area contributed by atoms with Crippen LogP contribution in [0.25, 0.3) is 0 Å². The Morgan fingerprint density at radius 3 is 1.90 bits per heavy atom. The molecule has 10 heteroatoms. The zero-order chi connectivity index (χ0) is 35.5. The molecule has 0 radical (unpaired) electrons. The molecule has 50 heavy (non-hydrogen) atoms. The van der Waals surface area contributed by atoms with E-state index in [9.17, 15) is 18.0 Å². The Morgan fingerprint density at radius 2 is 1.30 bits per heavy atom. The van der Waals surface area contributed by atoms with E-state index in [-0.39, 0.29) is 35.5 Å². The van der Waals surface area contributed by atoms with Crippen LogP contribution in [0.2, 0.25) is 0 Å². The van der Waals surface area contributed by atoms with Gasteiger partial charge in [-0.1, -0.05) is 102 Å². The lowest BCUT2D eigenvalue weighted by atomic mass is 10.0. The van der Waals surface area contributed by atoms with Crippen molar-refractivity contribution in [3.05, 3.63) is 155 Å². The Labute approximate surface area is 302 Å². The summed E-state index contributed by atoms with van der Waals surface area (Å²) in [6.07, 6.45) is 0.944. The van der Waals surface area contributed by atoms with Crippen LogP contribution < -0.4 is 14.4 Å². The number of ether oxygens (including phenoxy) is 1. The molecule has 258 valence electrons. The first-order valence-electron chi connectivity index (χ1n) is 16.4. The zero-order valence-corrected chi connectivity index (χ0v) is 30.4. The topological polar surface area (TPSA) is 96.0 Å². The summed E-state index contributed by atoms with van der Waals surface area (Å²) in [6.45, 7) is 3.43. The van der Waals surface area contributed by atoms with Crippen LogP contribution >= 0.6 is 15.9 Å². The van der Waals surface area contributed by atoms with Gasteiger partial charge in [-0.05, 0) is 85.1 Å². The van der Waals surface area contributed by atoms with E-state index in [1.54, 1.807) is 42.5 Å². The van der Waals surface area contributed by atoms with Crippen molar-refractivity contribution in [2.75, 3.05) is 10.8 Å². The Morgan fingerprint density at radius 1 is 0.740 bits per heavy atom. The molecule has 1 N–H and O–H groups in total. The summed E-state index contributed by atoms with van der Waals surface area (Å²) in [7, 11) is -4.22. The number of nitrogens with zero attached hydrogens (tertiary/aromatic N) is 2. The number of carbonyl (C=O) groups excluding carboxylic acids is 2. The summed E-state index contributed by atoms with van der Waals surface area (Å²) < 4.78 is 36.5. The molecular weight excluding hydrogens is 714 g/mol. The van der Waals surface area contributed by atoms with Crippen molar-refractivity contribution < 1.29 is 22.7 Å². The van der Waals surface area contributed by atoms with Gasteiger partial charge in [-0.15, -0.1) is 0 Å². The first-order valence-corrected chi connectivity index (χ1v) is 18.7. The molecule has 0 aromatic heterocycles. The molecule has 0 fully saturated rings. The zero-order valence-electron chi connectivity index (χ0n) is 28.0. The minimum absolute atomic E-state index is 0.0345. The molecule has 0 saturated carbocycles. The van der Waals surface area contributed by atoms with Gasteiger partial charge in [0.05, 0.1) is 10.6 Å². The summed E-state index contributed by atoms with van der Waals surface area (Å²) >= 11 is 3.47. The van der Waals surface area contributed by atoms with Crippen LogP contribution in [-0.2, 0) is 32.6 Å². The number of halogens is 1. The second-order valence-corrected chi connectivity index (χ2v) is 14.7. The standard InChI is InChI=1S/C40H40BrN3O5S/c1-3-30(2)42-40(46)38(27-31-13-7-4-8-14-31)43(28-32-19-21-33(41)22-20-32)39(45)29-44(50(47,48)37-17-11-6-12-18-37)34-23-25-36(26-24-34)49-35-15-9-5-10-16-35/h4-26,30,38H,3,27-29H2,1-2H3,(H,42,46)/t30-,38+/m1/s1. The van der Waals surface area contributed by atoms with Gasteiger partial charge < -0.3 is 15.0 Å². The van der Waals surface area contributed by atoms with Gasteiger partial charge >= 0.3 is 0 Å². The average Bonchev–Trinajstić information content (AvgIpc) is 3.14. The van der Waals surface area contributed by atoms with Crippen LogP contribution in [0.4, 0.5) is 5.69 Å². The molecule has 0 heterocycles. The van der Waals surface area contributed by atoms with Crippen molar-refractivity contribution in [3.8, 4) is 11.5 Å². The summed E-state index contributed by atoms with van der Waals surface area (Å²) in [5.74, 6) is 0.295. The number of amides is 2. The largest absolute Gasteiger partial charge is 0.457 e. The van der Waals surface area contributed by atoms with Crippen LogP contribution in [0.15, 0.2) is 149 Å². The maximum absolute atomic E-state index is 14.7. The molecule has 2 amide bonds. The minimum atomic E-state index is -4.22. The van der Waals surface area contributed by atoms with E-state index in [0.29, 0.717) is 17.9 Å². The molecule has 5 aromatic rings. The number of hydrogen-bond acceptors (Lipinski definition) is 5. The van der Waals surface area contributed by atoms with Crippen molar-refractivity contribution in [1.82, 2.24) is 10.2 Å². The highest BCUT2D eigenvalue weighted by molar-refractivity contribution is 9.10. The monoisotopic (exact) mass is 753 g/mol. The second-order valence-electron chi connectivity index (χ2n) is 11.9. The number of para-hydroxylation sites is 1. The van der Waals surface area contributed by atoms with E-state index in [1.807, 2.05) is 98.8 Å². The minimum Gasteiger partial charge on any atom is -0.457 e. The third-order valence-electron chi connectivity index (χ3n) is 8.25. The van der Waals surface area contributed by atoms with Crippen molar-refractivity contribution >= 4 is 43.5 Å². The molecule has 5 aromatic carbocycles. The SMILES string of the molecule is CC[C@@H](C)NC(=O)[C@H](Cc1ccccc1)N(Cc1ccc(Br)cc1)C(=O)CN(c1ccc(Oc2ccccc2)cc1)S(=O)(=O)c1ccccc1. The summed E-state index contributed by atoms with van der Waals surface area (Å²) in [6, 6.07) is 39.7. The van der Waals surface area contributed by atoms with Gasteiger partial charge in [-0.3, -0.25) is 13.9 Å². The van der Waals surface area contributed by atoms with Gasteiger partial charge in [0.2, 0.25) is 11.8 Å². The van der Waals surface area contributed by atoms with Crippen LogP contribution in [0.1, 0.15) is 31.4 Å². The normalized spacial score (nSPS) is 12.4. The molecule has 0 saturated heterocycles. The van der Waals surface area contributed by atoms with Gasteiger partial charge in [-0.2, -0.15) is 0 Å². The number of benzene rings is 5. The molecule has 0 aliphatic carbocycles. The summed E-state index contributed by atoms with van der Waals surface area (Å²) in [5.41, 5.74) is 1.93. The van der Waals surface area contributed by atoms with E-state index in [2.05, 4.69) is 21.2 Å². The highest BCUT2D eigenvalue weighted by atomic mass is 79.9. The predicted octanol–water partition coefficient (Wildman–Crippen LogP) is 7.99. The molecule has 0 bridgehead atoms. The molecule has 8 nitrogen and oxygen atoms in total. The fourth-order valence-electron chi connectivity index (χ4n) is 5.34. The first kappa shape index (κ1) is 36.4. The van der Waals surface area contributed by atoms with Gasteiger partial charge in [0.1, 0.15) is 24.1 Å². The van der Waals surface area contributed by atoms with Crippen molar-refractivity contribution in [2.24, 2.45) is 0 Å². The molecule has 0 aliphatic heterocycles. The predicted molar refractivity (Wildman–Crippen MR) is 200 cm³/mol. The quantitative estimate of drug-likeness (QED) is 0.117. The van der Waals surface area contributed by atoms with Gasteiger partial charge in [0.25, 0.3) is 10.0 Å². The number of rotatable bonds is 15. The smallest absolute Gasteiger partial charge is 0.264 e. The Bertz CT molecular complexity index is 1940. The van der Waals surface area contributed by atoms with Crippen molar-refractivity contribution in [3.63, 3.8) is 0 Å². The number of carbonyl (C=O) groups is 2. The van der Waals surface area contributed by atoms with E-state index in [1.165, 1.54) is 17.0 Å². The second kappa shape index (κ2) is 17.1. The summed E-state index contributed by atoms with van der Waals surface area (Å²) in [5, 5.41) is 3.06. The lowest BCUT2D eigenvalue weighted by molar-refractivity contribution is -0.140. The van der Waals surface area contributed by atoms with Gasteiger partial charge in [-0.25, -0.2) is 8.42 Å². The summed E-state index contributed by atoms with van der Waals surface area (Å²) in [4.78, 5) is 30.2. The molecule has 2 atom stereocenters. The van der Waals surface area contributed by atoms with E-state index in [0.717, 1.165) is 19.9 Å². The van der Waals surface area contributed by atoms with Crippen LogP contribution in [0.5, 0.6) is 11.5 Å². The first-order chi connectivity index (χ1) is 24.1. The Kier molecular flexibility index (Phi) is 12.5. The van der Waals surface area contributed by atoms with E-state index < -0.39 is 28.5 Å². The van der Waals surface area contributed by atoms with Gasteiger partial charge in [0.15, 0.2) is 0 Å². The Balaban J connectivity index is 1.55. The average molecular weight is 755 g/mol. The molecule has 0 spiro atoms. The van der Waals surface area contributed by atoms with E-state index >= 15 is 0 Å². The number of hydrogen-bond donors (Lipinski definition) is 1. The lowest BCUT2D eigenvalue weighted by Crippen LogP contribution is -2.54. The number of sulfonamides is 1. The number of anilines is 1. The fourth-order valence-corrected chi connectivity index (χ4v) is 7.03. The molecule has 0 unspecified atom stereocenters. The third kappa shape index (κ3) is 9.61. The molecular formula is C40H40BrN3O5S. The maximum Gasteiger partial charge on any atom is 0.264 e. The molecule has 5 rings (SSSR count). The Hall–Kier alpha value is -4.93. The third-order valence-corrected chi connectivity index (χ3v) is 10.6. The maximum atomic E-state index is 14.7. The lowest BCUT2D eigenvalue weighted by Gasteiger charge is -2.34. The fraction of sp³-hybridized carbons (Fsp3) is 0.200. The highest BCUT2D eigenvalue weighted by Crippen LogP contribution is 2.29.